The number of alkyl halides is 3. The molecule has 0 radical (unpaired) electrons. The van der Waals surface area contributed by atoms with E-state index in [1.807, 2.05) is 0 Å². The molecule has 0 aromatic carbocycles. The SMILES string of the molecule is C[C@H](O)c1nc(CC(F)(F)F)no1. The van der Waals surface area contributed by atoms with Crippen LogP contribution < -0.4 is 0 Å². The summed E-state index contributed by atoms with van der Waals surface area (Å²) in [4.78, 5) is 3.35. The highest BCUT2D eigenvalue weighted by atomic mass is 19.4. The minimum absolute atomic E-state index is 0.209. The Labute approximate surface area is 71.4 Å². The minimum Gasteiger partial charge on any atom is -0.384 e. The van der Waals surface area contributed by atoms with Gasteiger partial charge in [-0.2, -0.15) is 18.2 Å². The van der Waals surface area contributed by atoms with Crippen LogP contribution in [0.1, 0.15) is 24.7 Å². The van der Waals surface area contributed by atoms with Gasteiger partial charge in [0.25, 0.3) is 5.89 Å². The summed E-state index contributed by atoms with van der Waals surface area (Å²) >= 11 is 0. The van der Waals surface area contributed by atoms with Gasteiger partial charge in [0, 0.05) is 0 Å². The maximum Gasteiger partial charge on any atom is 0.396 e. The molecule has 0 saturated heterocycles. The standard InChI is InChI=1S/C6H7F3N2O2/c1-3(12)5-10-4(11-13-5)2-6(7,8)9/h3,12H,2H2,1H3/t3-/m0/s1. The van der Waals surface area contributed by atoms with Crippen molar-refractivity contribution in [1.82, 2.24) is 10.1 Å². The van der Waals surface area contributed by atoms with E-state index in [1.54, 1.807) is 0 Å². The van der Waals surface area contributed by atoms with Crippen LogP contribution in [0.25, 0.3) is 0 Å². The van der Waals surface area contributed by atoms with E-state index in [4.69, 9.17) is 5.11 Å². The number of hydrogen-bond acceptors (Lipinski definition) is 4. The molecule has 0 spiro atoms. The zero-order chi connectivity index (χ0) is 10.1. The van der Waals surface area contributed by atoms with Crippen LogP contribution in [0.15, 0.2) is 4.52 Å². The van der Waals surface area contributed by atoms with Crippen LogP contribution in [-0.4, -0.2) is 21.4 Å². The van der Waals surface area contributed by atoms with Crippen LogP contribution in [0.4, 0.5) is 13.2 Å². The molecule has 0 aliphatic carbocycles. The van der Waals surface area contributed by atoms with Crippen molar-refractivity contribution in [3.8, 4) is 0 Å². The second kappa shape index (κ2) is 3.33. The fraction of sp³-hybridized carbons (Fsp3) is 0.667. The quantitative estimate of drug-likeness (QED) is 0.772. The lowest BCUT2D eigenvalue weighted by atomic mass is 10.4. The molecule has 0 amide bonds. The Morgan fingerprint density at radius 2 is 2.15 bits per heavy atom. The van der Waals surface area contributed by atoms with E-state index in [0.717, 1.165) is 0 Å². The van der Waals surface area contributed by atoms with Gasteiger partial charge in [0.15, 0.2) is 5.82 Å². The highest BCUT2D eigenvalue weighted by Gasteiger charge is 2.30. The van der Waals surface area contributed by atoms with Crippen molar-refractivity contribution >= 4 is 0 Å². The average Bonchev–Trinajstić information content (AvgIpc) is 2.31. The van der Waals surface area contributed by atoms with Crippen molar-refractivity contribution in [3.63, 3.8) is 0 Å². The van der Waals surface area contributed by atoms with Gasteiger partial charge in [0.05, 0.1) is 0 Å². The lowest BCUT2D eigenvalue weighted by molar-refractivity contribution is -0.128. The van der Waals surface area contributed by atoms with Gasteiger partial charge in [-0.1, -0.05) is 5.16 Å². The molecule has 0 saturated carbocycles. The Morgan fingerprint density at radius 1 is 1.54 bits per heavy atom. The van der Waals surface area contributed by atoms with Crippen molar-refractivity contribution in [1.29, 1.82) is 0 Å². The zero-order valence-electron chi connectivity index (χ0n) is 6.67. The predicted octanol–water partition coefficient (Wildman–Crippen LogP) is 1.23. The fourth-order valence-corrected chi connectivity index (χ4v) is 0.688. The lowest BCUT2D eigenvalue weighted by Gasteiger charge is -1.99. The first-order valence-electron chi connectivity index (χ1n) is 3.46. The number of nitrogens with zero attached hydrogens (tertiary/aromatic N) is 2. The van der Waals surface area contributed by atoms with Crippen molar-refractivity contribution in [2.45, 2.75) is 25.6 Å². The smallest absolute Gasteiger partial charge is 0.384 e. The van der Waals surface area contributed by atoms with Crippen molar-refractivity contribution in [3.05, 3.63) is 11.7 Å². The van der Waals surface area contributed by atoms with E-state index >= 15 is 0 Å². The molecule has 1 aromatic rings. The van der Waals surface area contributed by atoms with E-state index in [1.165, 1.54) is 6.92 Å². The number of aliphatic hydroxyl groups excluding tert-OH is 1. The molecule has 1 atom stereocenters. The summed E-state index contributed by atoms with van der Waals surface area (Å²) in [7, 11) is 0. The molecule has 1 N–H and O–H groups in total. The maximum absolute atomic E-state index is 11.8. The van der Waals surface area contributed by atoms with Gasteiger partial charge >= 0.3 is 6.18 Å². The molecule has 7 heteroatoms. The van der Waals surface area contributed by atoms with Gasteiger partial charge in [0.1, 0.15) is 12.5 Å². The Hall–Kier alpha value is -1.11. The molecule has 74 valence electrons. The molecular formula is C6H7F3N2O2. The monoisotopic (exact) mass is 196 g/mol. The molecular weight excluding hydrogens is 189 g/mol. The first-order valence-corrected chi connectivity index (χ1v) is 3.46. The maximum atomic E-state index is 11.8. The van der Waals surface area contributed by atoms with Gasteiger partial charge in [0.2, 0.25) is 0 Å². The van der Waals surface area contributed by atoms with Crippen molar-refractivity contribution in [2.75, 3.05) is 0 Å². The van der Waals surface area contributed by atoms with Crippen LogP contribution in [0.2, 0.25) is 0 Å². The van der Waals surface area contributed by atoms with Crippen LogP contribution >= 0.6 is 0 Å². The summed E-state index contributed by atoms with van der Waals surface area (Å²) < 4.78 is 39.7. The molecule has 13 heavy (non-hydrogen) atoms. The molecule has 0 fully saturated rings. The molecule has 4 nitrogen and oxygen atoms in total. The van der Waals surface area contributed by atoms with Gasteiger partial charge in [-0.3, -0.25) is 0 Å². The Bertz CT molecular complexity index is 282. The van der Waals surface area contributed by atoms with E-state index in [2.05, 4.69) is 14.7 Å². The van der Waals surface area contributed by atoms with Crippen molar-refractivity contribution < 1.29 is 22.8 Å². The number of aliphatic hydroxyl groups is 1. The van der Waals surface area contributed by atoms with Crippen molar-refractivity contribution in [2.24, 2.45) is 0 Å². The number of rotatable bonds is 2. The van der Waals surface area contributed by atoms with Crippen LogP contribution in [0.5, 0.6) is 0 Å². The molecule has 1 aromatic heterocycles. The van der Waals surface area contributed by atoms with Gasteiger partial charge in [-0.25, -0.2) is 0 Å². The Balaban J connectivity index is 2.70. The minimum atomic E-state index is -4.36. The normalized spacial score (nSPS) is 14.5. The second-order valence-electron chi connectivity index (χ2n) is 2.52. The first-order chi connectivity index (χ1) is 5.88. The number of aromatic nitrogens is 2. The van der Waals surface area contributed by atoms with E-state index in [9.17, 15) is 13.2 Å². The summed E-state index contributed by atoms with van der Waals surface area (Å²) in [6.45, 7) is 1.32. The summed E-state index contributed by atoms with van der Waals surface area (Å²) in [5, 5.41) is 11.9. The molecule has 0 unspecified atom stereocenters. The molecule has 1 rings (SSSR count). The predicted molar refractivity (Wildman–Crippen MR) is 34.7 cm³/mol. The topological polar surface area (TPSA) is 59.2 Å². The fourth-order valence-electron chi connectivity index (χ4n) is 0.688. The van der Waals surface area contributed by atoms with Gasteiger partial charge < -0.3 is 9.63 Å². The second-order valence-corrected chi connectivity index (χ2v) is 2.52. The molecule has 0 bridgehead atoms. The third-order valence-electron chi connectivity index (χ3n) is 1.20. The third-order valence-corrected chi connectivity index (χ3v) is 1.20. The zero-order valence-corrected chi connectivity index (χ0v) is 6.67. The Kier molecular flexibility index (Phi) is 2.55. The molecule has 1 heterocycles. The molecule has 0 aliphatic rings. The third kappa shape index (κ3) is 3.02. The van der Waals surface area contributed by atoms with E-state index in [0.29, 0.717) is 0 Å². The van der Waals surface area contributed by atoms with Gasteiger partial charge in [-0.05, 0) is 6.92 Å². The highest BCUT2D eigenvalue weighted by molar-refractivity contribution is 4.90. The van der Waals surface area contributed by atoms with E-state index in [-0.39, 0.29) is 5.89 Å². The van der Waals surface area contributed by atoms with Crippen LogP contribution in [0, 0.1) is 0 Å². The summed E-state index contributed by atoms with van der Waals surface area (Å²) in [5.41, 5.74) is 0. The Morgan fingerprint density at radius 3 is 2.54 bits per heavy atom. The summed E-state index contributed by atoms with van der Waals surface area (Å²) in [6, 6.07) is 0. The van der Waals surface area contributed by atoms with E-state index < -0.39 is 24.5 Å². The summed E-state index contributed by atoms with van der Waals surface area (Å²) in [5.74, 6) is -0.678. The number of halogens is 3. The highest BCUT2D eigenvalue weighted by Crippen LogP contribution is 2.20. The van der Waals surface area contributed by atoms with Gasteiger partial charge in [-0.15, -0.1) is 0 Å². The van der Waals surface area contributed by atoms with Crippen LogP contribution in [0.3, 0.4) is 0 Å². The van der Waals surface area contributed by atoms with Crippen LogP contribution in [-0.2, 0) is 6.42 Å². The average molecular weight is 196 g/mol. The first kappa shape index (κ1) is 9.97. The largest absolute Gasteiger partial charge is 0.396 e. The molecule has 0 aliphatic heterocycles. The summed E-state index contributed by atoms with van der Waals surface area (Å²) in [6.07, 6.45) is -6.65. The lowest BCUT2D eigenvalue weighted by Crippen LogP contribution is -2.12. The number of hydrogen-bond donors (Lipinski definition) is 1.